The number of urea groups is 1. The summed E-state index contributed by atoms with van der Waals surface area (Å²) in [7, 11) is 1.59. The number of amides is 3. The van der Waals surface area contributed by atoms with E-state index in [9.17, 15) is 9.59 Å². The number of nitrogens with one attached hydrogen (secondary N) is 2. The molecule has 9 heteroatoms. The molecule has 0 bridgehead atoms. The topological polar surface area (TPSA) is 96.4 Å². The third-order valence-electron chi connectivity index (χ3n) is 5.05. The number of carbonyl (C=O) groups is 2. The van der Waals surface area contributed by atoms with Crippen LogP contribution in [0.15, 0.2) is 54.6 Å². The summed E-state index contributed by atoms with van der Waals surface area (Å²) in [6, 6.07) is 16.3. The number of hydrogen-bond acceptors (Lipinski definition) is 6. The van der Waals surface area contributed by atoms with E-state index in [-0.39, 0.29) is 17.9 Å². The molecule has 1 saturated heterocycles. The van der Waals surface area contributed by atoms with E-state index in [1.807, 2.05) is 48.5 Å². The maximum Gasteiger partial charge on any atom is 0.321 e. The van der Waals surface area contributed by atoms with Gasteiger partial charge < -0.3 is 20.3 Å². The smallest absolute Gasteiger partial charge is 0.321 e. The second-order valence-electron chi connectivity index (χ2n) is 7.21. The Kier molecular flexibility index (Phi) is 6.42. The molecule has 0 saturated carbocycles. The lowest BCUT2D eigenvalue weighted by Crippen LogP contribution is -2.41. The van der Waals surface area contributed by atoms with Gasteiger partial charge in [0.1, 0.15) is 10.8 Å². The Bertz CT molecular complexity index is 1060. The monoisotopic (exact) mass is 437 g/mol. The van der Waals surface area contributed by atoms with Gasteiger partial charge in [0.25, 0.3) is 5.91 Å². The van der Waals surface area contributed by atoms with Crippen molar-refractivity contribution in [3.05, 3.63) is 64.6 Å². The second kappa shape index (κ2) is 9.57. The van der Waals surface area contributed by atoms with Gasteiger partial charge in [0.2, 0.25) is 5.01 Å². The summed E-state index contributed by atoms with van der Waals surface area (Å²) in [4.78, 5) is 27.0. The number of nitrogens with zero attached hydrogens (tertiary/aromatic N) is 3. The third-order valence-corrected chi connectivity index (χ3v) is 6.13. The SMILES string of the molecule is COc1cccc(NC(=O)N2CCCC(c3nnc(C(=O)Nc4ccccc4)s3)C2)c1. The summed E-state index contributed by atoms with van der Waals surface area (Å²) in [5.74, 6) is 0.462. The molecule has 2 N–H and O–H groups in total. The van der Waals surface area contributed by atoms with Crippen LogP contribution in [-0.2, 0) is 0 Å². The van der Waals surface area contributed by atoms with Crippen LogP contribution >= 0.6 is 11.3 Å². The molecule has 0 spiro atoms. The van der Waals surface area contributed by atoms with Crippen LogP contribution in [0.1, 0.15) is 33.6 Å². The highest BCUT2D eigenvalue weighted by Gasteiger charge is 2.28. The maximum absolute atomic E-state index is 12.7. The Labute approximate surface area is 184 Å². The highest BCUT2D eigenvalue weighted by molar-refractivity contribution is 7.13. The van der Waals surface area contributed by atoms with Gasteiger partial charge in [-0.25, -0.2) is 4.79 Å². The van der Waals surface area contributed by atoms with Crippen molar-refractivity contribution in [3.63, 3.8) is 0 Å². The van der Waals surface area contributed by atoms with Gasteiger partial charge in [0.05, 0.1) is 7.11 Å². The van der Waals surface area contributed by atoms with Crippen molar-refractivity contribution in [3.8, 4) is 5.75 Å². The van der Waals surface area contributed by atoms with Gasteiger partial charge in [-0.2, -0.15) is 0 Å². The lowest BCUT2D eigenvalue weighted by Gasteiger charge is -2.31. The molecular weight excluding hydrogens is 414 g/mol. The molecule has 1 atom stereocenters. The molecule has 1 aliphatic heterocycles. The number of piperidine rings is 1. The zero-order chi connectivity index (χ0) is 21.6. The molecule has 2 heterocycles. The Hall–Kier alpha value is -3.46. The van der Waals surface area contributed by atoms with Gasteiger partial charge in [0.15, 0.2) is 0 Å². The van der Waals surface area contributed by atoms with Crippen molar-refractivity contribution in [2.45, 2.75) is 18.8 Å². The lowest BCUT2D eigenvalue weighted by atomic mass is 9.99. The summed E-state index contributed by atoms with van der Waals surface area (Å²) in [5.41, 5.74) is 1.39. The molecule has 3 aromatic rings. The summed E-state index contributed by atoms with van der Waals surface area (Å²) in [6.07, 6.45) is 1.76. The summed E-state index contributed by atoms with van der Waals surface area (Å²) >= 11 is 1.28. The highest BCUT2D eigenvalue weighted by atomic mass is 32.1. The summed E-state index contributed by atoms with van der Waals surface area (Å²) in [6.45, 7) is 1.21. The van der Waals surface area contributed by atoms with Crippen LogP contribution in [-0.4, -0.2) is 47.2 Å². The number of methoxy groups -OCH3 is 1. The molecule has 1 aliphatic rings. The van der Waals surface area contributed by atoms with E-state index < -0.39 is 0 Å². The van der Waals surface area contributed by atoms with Gasteiger partial charge in [0, 0.05) is 36.4 Å². The number of rotatable bonds is 5. The van der Waals surface area contributed by atoms with E-state index in [4.69, 9.17) is 4.74 Å². The summed E-state index contributed by atoms with van der Waals surface area (Å²) < 4.78 is 5.20. The van der Waals surface area contributed by atoms with E-state index in [1.165, 1.54) is 11.3 Å². The van der Waals surface area contributed by atoms with E-state index in [0.29, 0.717) is 35.2 Å². The van der Waals surface area contributed by atoms with Gasteiger partial charge in [-0.3, -0.25) is 4.79 Å². The number of benzene rings is 2. The predicted octanol–water partition coefficient (Wildman–Crippen LogP) is 4.21. The van der Waals surface area contributed by atoms with Gasteiger partial charge in [-0.05, 0) is 37.1 Å². The molecule has 1 unspecified atom stereocenters. The number of carbonyl (C=O) groups excluding carboxylic acids is 2. The zero-order valence-corrected chi connectivity index (χ0v) is 17.9. The van der Waals surface area contributed by atoms with E-state index in [1.54, 1.807) is 18.1 Å². The fraction of sp³-hybridized carbons (Fsp3) is 0.273. The van der Waals surface area contributed by atoms with Crippen molar-refractivity contribution in [2.24, 2.45) is 0 Å². The molecule has 3 amide bonds. The lowest BCUT2D eigenvalue weighted by molar-refractivity contribution is 0.102. The molecule has 0 aliphatic carbocycles. The van der Waals surface area contributed by atoms with Gasteiger partial charge in [-0.1, -0.05) is 35.6 Å². The molecular formula is C22H23N5O3S. The average Bonchev–Trinajstić information content (AvgIpc) is 3.31. The third kappa shape index (κ3) is 5.18. The molecule has 4 rings (SSSR count). The van der Waals surface area contributed by atoms with Crippen LogP contribution in [0.5, 0.6) is 5.75 Å². The molecule has 8 nitrogen and oxygen atoms in total. The van der Waals surface area contributed by atoms with Crippen LogP contribution in [0.2, 0.25) is 0 Å². The predicted molar refractivity (Wildman–Crippen MR) is 120 cm³/mol. The largest absolute Gasteiger partial charge is 0.497 e. The van der Waals surface area contributed by atoms with Crippen LogP contribution in [0, 0.1) is 0 Å². The van der Waals surface area contributed by atoms with Crippen molar-refractivity contribution >= 4 is 34.6 Å². The Morgan fingerprint density at radius 2 is 1.87 bits per heavy atom. The van der Waals surface area contributed by atoms with E-state index in [2.05, 4.69) is 20.8 Å². The number of likely N-dealkylation sites (tertiary alicyclic amines) is 1. The van der Waals surface area contributed by atoms with E-state index >= 15 is 0 Å². The number of para-hydroxylation sites is 1. The number of aromatic nitrogens is 2. The van der Waals surface area contributed by atoms with Crippen molar-refractivity contribution in [1.29, 1.82) is 0 Å². The normalized spacial score (nSPS) is 15.9. The first kappa shape index (κ1) is 20.8. The zero-order valence-electron chi connectivity index (χ0n) is 17.1. The Balaban J connectivity index is 1.38. The summed E-state index contributed by atoms with van der Waals surface area (Å²) in [5, 5.41) is 15.1. The fourth-order valence-electron chi connectivity index (χ4n) is 3.46. The van der Waals surface area contributed by atoms with Gasteiger partial charge >= 0.3 is 6.03 Å². The first-order chi connectivity index (χ1) is 15.1. The second-order valence-corrected chi connectivity index (χ2v) is 8.22. The minimum atomic E-state index is -0.279. The standard InChI is InChI=1S/C22H23N5O3S/c1-30-18-11-5-10-17(13-18)24-22(29)27-12-6-7-15(14-27)20-25-26-21(31-20)19(28)23-16-8-3-2-4-9-16/h2-5,8-11,13,15H,6-7,12,14H2,1H3,(H,23,28)(H,24,29). The molecule has 1 fully saturated rings. The minimum Gasteiger partial charge on any atom is -0.497 e. The molecule has 1 aromatic heterocycles. The van der Waals surface area contributed by atoms with Crippen molar-refractivity contribution in [2.75, 3.05) is 30.8 Å². The first-order valence-electron chi connectivity index (χ1n) is 10.0. The Morgan fingerprint density at radius 3 is 2.68 bits per heavy atom. The number of ether oxygens (including phenoxy) is 1. The molecule has 31 heavy (non-hydrogen) atoms. The van der Waals surface area contributed by atoms with Gasteiger partial charge in [-0.15, -0.1) is 10.2 Å². The first-order valence-corrected chi connectivity index (χ1v) is 10.8. The molecule has 0 radical (unpaired) electrons. The molecule has 2 aromatic carbocycles. The van der Waals surface area contributed by atoms with Crippen LogP contribution < -0.4 is 15.4 Å². The fourth-order valence-corrected chi connectivity index (χ4v) is 4.33. The molecule has 160 valence electrons. The quantitative estimate of drug-likeness (QED) is 0.623. The van der Waals surface area contributed by atoms with Crippen LogP contribution in [0.4, 0.5) is 16.2 Å². The minimum absolute atomic E-state index is 0.0561. The van der Waals surface area contributed by atoms with Crippen molar-refractivity contribution in [1.82, 2.24) is 15.1 Å². The van der Waals surface area contributed by atoms with Crippen LogP contribution in [0.25, 0.3) is 0 Å². The number of hydrogen-bond donors (Lipinski definition) is 2. The Morgan fingerprint density at radius 1 is 1.06 bits per heavy atom. The van der Waals surface area contributed by atoms with E-state index in [0.717, 1.165) is 17.8 Å². The number of anilines is 2. The van der Waals surface area contributed by atoms with Crippen molar-refractivity contribution < 1.29 is 14.3 Å². The highest BCUT2D eigenvalue weighted by Crippen LogP contribution is 2.30. The average molecular weight is 438 g/mol. The maximum atomic E-state index is 12.7. The van der Waals surface area contributed by atoms with Crippen LogP contribution in [0.3, 0.4) is 0 Å².